The van der Waals surface area contributed by atoms with E-state index in [9.17, 15) is 4.79 Å². The molecule has 0 fully saturated rings. The number of fused-ring (bicyclic) bond motifs is 1. The molecule has 1 aromatic heterocycles. The molecular weight excluding hydrogens is 358 g/mol. The maximum Gasteiger partial charge on any atom is 0.344 e. The van der Waals surface area contributed by atoms with Crippen molar-refractivity contribution in [2.75, 3.05) is 0 Å². The topological polar surface area (TPSA) is 39.2 Å². The van der Waals surface area contributed by atoms with E-state index in [4.69, 9.17) is 9.72 Å². The molecule has 1 heterocycles. The van der Waals surface area contributed by atoms with Gasteiger partial charge in [0.15, 0.2) is 0 Å². The van der Waals surface area contributed by atoms with Gasteiger partial charge in [0.05, 0.1) is 16.8 Å². The average Bonchev–Trinajstić information content (AvgIpc) is 2.70. The van der Waals surface area contributed by atoms with Crippen LogP contribution in [0.15, 0.2) is 66.7 Å². The molecule has 0 aliphatic carbocycles. The summed E-state index contributed by atoms with van der Waals surface area (Å²) in [6.07, 6.45) is 0. The highest BCUT2D eigenvalue weighted by molar-refractivity contribution is 6.06. The predicted octanol–water partition coefficient (Wildman–Crippen LogP) is 6.35. The molecular formula is C26H23NO2. The third kappa shape index (κ3) is 3.77. The molecule has 3 aromatic carbocycles. The van der Waals surface area contributed by atoms with E-state index in [1.165, 1.54) is 0 Å². The second-order valence-electron chi connectivity index (χ2n) is 7.56. The number of pyridine rings is 1. The molecule has 144 valence electrons. The lowest BCUT2D eigenvalue weighted by Gasteiger charge is -2.13. The van der Waals surface area contributed by atoms with E-state index in [2.05, 4.69) is 6.07 Å². The Balaban J connectivity index is 1.89. The Morgan fingerprint density at radius 1 is 0.793 bits per heavy atom. The lowest BCUT2D eigenvalue weighted by atomic mass is 10.00. The van der Waals surface area contributed by atoms with E-state index in [0.717, 1.165) is 44.4 Å². The third-order valence-electron chi connectivity index (χ3n) is 5.08. The van der Waals surface area contributed by atoms with Crippen molar-refractivity contribution in [2.45, 2.75) is 27.7 Å². The minimum Gasteiger partial charge on any atom is -0.423 e. The van der Waals surface area contributed by atoms with E-state index in [-0.39, 0.29) is 5.97 Å². The highest BCUT2D eigenvalue weighted by Gasteiger charge is 2.18. The number of aromatic nitrogens is 1. The molecule has 0 saturated heterocycles. The van der Waals surface area contributed by atoms with Crippen LogP contribution in [0, 0.1) is 27.7 Å². The van der Waals surface area contributed by atoms with Gasteiger partial charge in [-0.05, 0) is 62.6 Å². The standard InChI is InChI=1S/C26H23NO2/c1-16-10-11-18(3)24(14-16)29-26(28)22-15-23(20-8-6-5-7-9-20)27-25-19(4)12-17(2)13-21(22)25/h5-15H,1-4H3. The minimum atomic E-state index is -0.367. The summed E-state index contributed by atoms with van der Waals surface area (Å²) in [6, 6.07) is 21.7. The Hall–Kier alpha value is -3.46. The Bertz CT molecular complexity index is 1230. The summed E-state index contributed by atoms with van der Waals surface area (Å²) in [5.41, 5.74) is 7.19. The van der Waals surface area contributed by atoms with Crippen LogP contribution in [0.5, 0.6) is 5.75 Å². The summed E-state index contributed by atoms with van der Waals surface area (Å²) < 4.78 is 5.82. The zero-order valence-electron chi connectivity index (χ0n) is 17.1. The number of rotatable bonds is 3. The number of carbonyl (C=O) groups excluding carboxylic acids is 1. The summed E-state index contributed by atoms with van der Waals surface area (Å²) in [4.78, 5) is 18.1. The van der Waals surface area contributed by atoms with Crippen molar-refractivity contribution >= 4 is 16.9 Å². The van der Waals surface area contributed by atoms with Gasteiger partial charge in [0.2, 0.25) is 0 Å². The summed E-state index contributed by atoms with van der Waals surface area (Å²) in [7, 11) is 0. The fraction of sp³-hybridized carbons (Fsp3) is 0.154. The van der Waals surface area contributed by atoms with E-state index in [1.54, 1.807) is 0 Å². The molecule has 3 heteroatoms. The molecule has 0 atom stereocenters. The van der Waals surface area contributed by atoms with E-state index >= 15 is 0 Å². The van der Waals surface area contributed by atoms with E-state index < -0.39 is 0 Å². The first-order chi connectivity index (χ1) is 13.9. The molecule has 0 bridgehead atoms. The molecule has 0 unspecified atom stereocenters. The van der Waals surface area contributed by atoms with Crippen molar-refractivity contribution in [3.05, 3.63) is 94.5 Å². The first-order valence-corrected chi connectivity index (χ1v) is 9.69. The van der Waals surface area contributed by atoms with Crippen LogP contribution in [0.2, 0.25) is 0 Å². The van der Waals surface area contributed by atoms with Crippen LogP contribution in [0.4, 0.5) is 0 Å². The molecule has 0 spiro atoms. The van der Waals surface area contributed by atoms with Gasteiger partial charge in [-0.3, -0.25) is 0 Å². The maximum atomic E-state index is 13.2. The summed E-state index contributed by atoms with van der Waals surface area (Å²) in [5, 5.41) is 0.817. The Morgan fingerprint density at radius 2 is 1.55 bits per heavy atom. The molecule has 0 amide bonds. The zero-order chi connectivity index (χ0) is 20.5. The van der Waals surface area contributed by atoms with Crippen molar-refractivity contribution < 1.29 is 9.53 Å². The number of benzene rings is 3. The van der Waals surface area contributed by atoms with Crippen LogP contribution in [-0.2, 0) is 0 Å². The summed E-state index contributed by atoms with van der Waals surface area (Å²) >= 11 is 0. The third-order valence-corrected chi connectivity index (χ3v) is 5.08. The molecule has 29 heavy (non-hydrogen) atoms. The second kappa shape index (κ2) is 7.51. The largest absolute Gasteiger partial charge is 0.423 e. The monoisotopic (exact) mass is 381 g/mol. The molecule has 4 rings (SSSR count). The van der Waals surface area contributed by atoms with Gasteiger partial charge in [0.1, 0.15) is 5.75 Å². The second-order valence-corrected chi connectivity index (χ2v) is 7.56. The first kappa shape index (κ1) is 18.9. The molecule has 3 nitrogen and oxygen atoms in total. The van der Waals surface area contributed by atoms with Crippen LogP contribution in [0.1, 0.15) is 32.6 Å². The van der Waals surface area contributed by atoms with E-state index in [0.29, 0.717) is 11.3 Å². The van der Waals surface area contributed by atoms with Gasteiger partial charge < -0.3 is 4.74 Å². The van der Waals surface area contributed by atoms with Crippen molar-refractivity contribution in [1.29, 1.82) is 0 Å². The van der Waals surface area contributed by atoms with Crippen LogP contribution in [0.25, 0.3) is 22.2 Å². The zero-order valence-corrected chi connectivity index (χ0v) is 17.1. The van der Waals surface area contributed by atoms with Crippen molar-refractivity contribution in [2.24, 2.45) is 0 Å². The normalized spacial score (nSPS) is 10.9. The lowest BCUT2D eigenvalue weighted by Crippen LogP contribution is -2.11. The van der Waals surface area contributed by atoms with Crippen LogP contribution in [0.3, 0.4) is 0 Å². The highest BCUT2D eigenvalue weighted by atomic mass is 16.5. The van der Waals surface area contributed by atoms with Crippen molar-refractivity contribution in [3.8, 4) is 17.0 Å². The van der Waals surface area contributed by atoms with Gasteiger partial charge in [-0.2, -0.15) is 0 Å². The smallest absolute Gasteiger partial charge is 0.344 e. The number of ether oxygens (including phenoxy) is 1. The number of nitrogens with zero attached hydrogens (tertiary/aromatic N) is 1. The molecule has 0 saturated carbocycles. The minimum absolute atomic E-state index is 0.367. The van der Waals surface area contributed by atoms with Crippen molar-refractivity contribution in [3.63, 3.8) is 0 Å². The van der Waals surface area contributed by atoms with Gasteiger partial charge in [-0.15, -0.1) is 0 Å². The predicted molar refractivity (Wildman–Crippen MR) is 118 cm³/mol. The maximum absolute atomic E-state index is 13.2. The molecule has 0 aliphatic rings. The number of hydrogen-bond donors (Lipinski definition) is 0. The number of carbonyl (C=O) groups is 1. The van der Waals surface area contributed by atoms with Crippen LogP contribution < -0.4 is 4.74 Å². The van der Waals surface area contributed by atoms with Crippen molar-refractivity contribution in [1.82, 2.24) is 4.98 Å². The first-order valence-electron chi connectivity index (χ1n) is 9.69. The molecule has 0 radical (unpaired) electrons. The SMILES string of the molecule is Cc1ccc(C)c(OC(=O)c2cc(-c3ccccc3)nc3c(C)cc(C)cc23)c1. The Labute approximate surface area is 171 Å². The fourth-order valence-corrected chi connectivity index (χ4v) is 3.58. The van der Waals surface area contributed by atoms with Gasteiger partial charge >= 0.3 is 5.97 Å². The molecule has 0 aliphatic heterocycles. The van der Waals surface area contributed by atoms with Crippen LogP contribution in [-0.4, -0.2) is 11.0 Å². The fourth-order valence-electron chi connectivity index (χ4n) is 3.58. The van der Waals surface area contributed by atoms with Gasteiger partial charge in [0.25, 0.3) is 0 Å². The molecule has 4 aromatic rings. The van der Waals surface area contributed by atoms with Gasteiger partial charge in [-0.25, -0.2) is 9.78 Å². The van der Waals surface area contributed by atoms with Crippen LogP contribution >= 0.6 is 0 Å². The average molecular weight is 381 g/mol. The van der Waals surface area contributed by atoms with Gasteiger partial charge in [0, 0.05) is 10.9 Å². The number of hydrogen-bond acceptors (Lipinski definition) is 3. The quantitative estimate of drug-likeness (QED) is 0.306. The lowest BCUT2D eigenvalue weighted by molar-refractivity contribution is 0.0735. The molecule has 0 N–H and O–H groups in total. The Kier molecular flexibility index (Phi) is 4.89. The highest BCUT2D eigenvalue weighted by Crippen LogP contribution is 2.29. The Morgan fingerprint density at radius 3 is 2.31 bits per heavy atom. The van der Waals surface area contributed by atoms with E-state index in [1.807, 2.05) is 88.4 Å². The summed E-state index contributed by atoms with van der Waals surface area (Å²) in [6.45, 7) is 7.98. The number of esters is 1. The summed E-state index contributed by atoms with van der Waals surface area (Å²) in [5.74, 6) is 0.221. The van der Waals surface area contributed by atoms with Gasteiger partial charge in [-0.1, -0.05) is 54.1 Å². The number of aryl methyl sites for hydroxylation is 4.